The number of Topliss-reactive ketones (excluding diaryl/α,β-unsaturated/α-hetero) is 1. The van der Waals surface area contributed by atoms with Crippen LogP contribution in [0, 0.1) is 19.7 Å². The maximum absolute atomic E-state index is 13.9. The second kappa shape index (κ2) is 6.91. The van der Waals surface area contributed by atoms with Gasteiger partial charge in [-0.1, -0.05) is 12.1 Å². The van der Waals surface area contributed by atoms with Crippen molar-refractivity contribution in [2.45, 2.75) is 13.8 Å². The fourth-order valence-electron chi connectivity index (χ4n) is 2.57. The van der Waals surface area contributed by atoms with E-state index in [4.69, 9.17) is 4.74 Å². The SMILES string of the molecule is Cc1cc(C(=O)COC(=O)c2nn(-c3ccccc3F)cc2C)n(C)n1. The Hall–Kier alpha value is -3.29. The molecule has 0 unspecified atom stereocenters. The van der Waals surface area contributed by atoms with Gasteiger partial charge in [0, 0.05) is 18.8 Å². The molecule has 0 aliphatic carbocycles. The highest BCUT2D eigenvalue weighted by atomic mass is 19.1. The molecule has 26 heavy (non-hydrogen) atoms. The molecule has 0 aliphatic rings. The van der Waals surface area contributed by atoms with Gasteiger partial charge in [0.2, 0.25) is 5.78 Å². The first-order valence-corrected chi connectivity index (χ1v) is 7.89. The van der Waals surface area contributed by atoms with E-state index >= 15 is 0 Å². The van der Waals surface area contributed by atoms with Crippen molar-refractivity contribution in [2.75, 3.05) is 6.61 Å². The molecule has 0 radical (unpaired) electrons. The average Bonchev–Trinajstić information content (AvgIpc) is 3.14. The number of rotatable bonds is 5. The minimum absolute atomic E-state index is 0.0299. The predicted molar refractivity (Wildman–Crippen MR) is 90.8 cm³/mol. The predicted octanol–water partition coefficient (Wildman–Crippen LogP) is 2.40. The first-order valence-electron chi connectivity index (χ1n) is 7.89. The lowest BCUT2D eigenvalue weighted by Gasteiger charge is -2.04. The number of para-hydroxylation sites is 1. The summed E-state index contributed by atoms with van der Waals surface area (Å²) in [4.78, 5) is 24.4. The highest BCUT2D eigenvalue weighted by Crippen LogP contribution is 2.16. The third kappa shape index (κ3) is 3.39. The number of ketones is 1. The molecule has 3 aromatic rings. The number of halogens is 1. The van der Waals surface area contributed by atoms with Crippen LogP contribution < -0.4 is 0 Å². The Morgan fingerprint density at radius 2 is 1.92 bits per heavy atom. The van der Waals surface area contributed by atoms with E-state index in [1.54, 1.807) is 45.2 Å². The summed E-state index contributed by atoms with van der Waals surface area (Å²) >= 11 is 0. The molecule has 0 spiro atoms. The molecule has 0 aliphatic heterocycles. The van der Waals surface area contributed by atoms with Crippen LogP contribution in [-0.4, -0.2) is 37.9 Å². The molecule has 0 saturated carbocycles. The largest absolute Gasteiger partial charge is 0.452 e. The van der Waals surface area contributed by atoms with E-state index in [1.807, 2.05) is 0 Å². The second-order valence-corrected chi connectivity index (χ2v) is 5.85. The number of hydrogen-bond acceptors (Lipinski definition) is 5. The molecule has 0 bridgehead atoms. The van der Waals surface area contributed by atoms with Crippen molar-refractivity contribution in [3.8, 4) is 5.69 Å². The molecule has 0 atom stereocenters. The fourth-order valence-corrected chi connectivity index (χ4v) is 2.57. The van der Waals surface area contributed by atoms with Gasteiger partial charge in [-0.2, -0.15) is 10.2 Å². The Kier molecular flexibility index (Phi) is 4.66. The normalized spacial score (nSPS) is 10.8. The zero-order valence-electron chi connectivity index (χ0n) is 14.6. The van der Waals surface area contributed by atoms with E-state index in [9.17, 15) is 14.0 Å². The lowest BCUT2D eigenvalue weighted by molar-refractivity contribution is 0.0465. The number of benzene rings is 1. The van der Waals surface area contributed by atoms with Crippen molar-refractivity contribution in [3.63, 3.8) is 0 Å². The van der Waals surface area contributed by atoms with Gasteiger partial charge in [-0.3, -0.25) is 9.48 Å². The molecule has 1 aromatic carbocycles. The number of aryl methyl sites for hydroxylation is 3. The van der Waals surface area contributed by atoms with Crippen LogP contribution in [0.15, 0.2) is 36.5 Å². The number of hydrogen-bond donors (Lipinski definition) is 0. The Bertz CT molecular complexity index is 990. The van der Waals surface area contributed by atoms with Gasteiger partial charge >= 0.3 is 5.97 Å². The van der Waals surface area contributed by atoms with Crippen LogP contribution in [-0.2, 0) is 11.8 Å². The molecule has 8 heteroatoms. The molecule has 134 valence electrons. The summed E-state index contributed by atoms with van der Waals surface area (Å²) < 4.78 is 21.6. The maximum atomic E-state index is 13.9. The van der Waals surface area contributed by atoms with Crippen molar-refractivity contribution >= 4 is 11.8 Å². The van der Waals surface area contributed by atoms with E-state index in [-0.39, 0.29) is 17.2 Å². The lowest BCUT2D eigenvalue weighted by Crippen LogP contribution is -2.17. The van der Waals surface area contributed by atoms with Gasteiger partial charge in [0.1, 0.15) is 17.2 Å². The first kappa shape index (κ1) is 17.5. The smallest absolute Gasteiger partial charge is 0.359 e. The molecule has 0 saturated heterocycles. The molecule has 2 aromatic heterocycles. The highest BCUT2D eigenvalue weighted by molar-refractivity contribution is 5.98. The molecular formula is C18H17FN4O3. The van der Waals surface area contributed by atoms with Crippen LogP contribution in [0.2, 0.25) is 0 Å². The van der Waals surface area contributed by atoms with Gasteiger partial charge in [0.25, 0.3) is 0 Å². The maximum Gasteiger partial charge on any atom is 0.359 e. The van der Waals surface area contributed by atoms with Gasteiger partial charge in [-0.05, 0) is 32.0 Å². The Labute approximate surface area is 149 Å². The summed E-state index contributed by atoms with van der Waals surface area (Å²) in [6.07, 6.45) is 1.53. The molecule has 0 N–H and O–H groups in total. The minimum Gasteiger partial charge on any atom is -0.452 e. The van der Waals surface area contributed by atoms with Crippen molar-refractivity contribution in [2.24, 2.45) is 7.05 Å². The average molecular weight is 356 g/mol. The Morgan fingerprint density at radius 1 is 1.19 bits per heavy atom. The van der Waals surface area contributed by atoms with Crippen molar-refractivity contribution < 1.29 is 18.7 Å². The minimum atomic E-state index is -0.746. The molecule has 7 nitrogen and oxygen atoms in total. The fraction of sp³-hybridized carbons (Fsp3) is 0.222. The van der Waals surface area contributed by atoms with Crippen molar-refractivity contribution in [1.29, 1.82) is 0 Å². The molecule has 2 heterocycles. The van der Waals surface area contributed by atoms with Gasteiger partial charge in [-0.15, -0.1) is 0 Å². The number of carbonyl (C=O) groups excluding carboxylic acids is 2. The van der Waals surface area contributed by atoms with E-state index in [1.165, 1.54) is 21.6 Å². The van der Waals surface area contributed by atoms with Crippen LogP contribution in [0.4, 0.5) is 4.39 Å². The van der Waals surface area contributed by atoms with E-state index in [0.29, 0.717) is 17.0 Å². The summed E-state index contributed by atoms with van der Waals surface area (Å²) in [5.74, 6) is -1.57. The molecule has 0 amide bonds. The van der Waals surface area contributed by atoms with Crippen LogP contribution in [0.1, 0.15) is 32.2 Å². The van der Waals surface area contributed by atoms with E-state index in [0.717, 1.165) is 0 Å². The zero-order valence-corrected chi connectivity index (χ0v) is 14.6. The topological polar surface area (TPSA) is 79.0 Å². The third-order valence-corrected chi connectivity index (χ3v) is 3.81. The lowest BCUT2D eigenvalue weighted by atomic mass is 10.2. The standard InChI is InChI=1S/C18H17FN4O3/c1-11-9-23(14-7-5-4-6-13(14)19)21-17(11)18(25)26-10-16(24)15-8-12(2)20-22(15)3/h4-9H,10H2,1-3H3. The van der Waals surface area contributed by atoms with Crippen molar-refractivity contribution in [3.05, 3.63) is 65.0 Å². The number of esters is 1. The number of nitrogens with zero attached hydrogens (tertiary/aromatic N) is 4. The quantitative estimate of drug-likeness (QED) is 0.518. The van der Waals surface area contributed by atoms with Crippen LogP contribution in [0.25, 0.3) is 5.69 Å². The molecule has 0 fully saturated rings. The van der Waals surface area contributed by atoms with Gasteiger partial charge in [0.15, 0.2) is 12.3 Å². The molecular weight excluding hydrogens is 339 g/mol. The van der Waals surface area contributed by atoms with Crippen LogP contribution in [0.3, 0.4) is 0 Å². The molecule has 3 rings (SSSR count). The number of carbonyl (C=O) groups is 2. The Morgan fingerprint density at radius 3 is 2.58 bits per heavy atom. The third-order valence-electron chi connectivity index (χ3n) is 3.81. The number of aromatic nitrogens is 4. The first-order chi connectivity index (χ1) is 12.4. The van der Waals surface area contributed by atoms with Gasteiger partial charge in [0.05, 0.1) is 5.69 Å². The Balaban J connectivity index is 1.74. The summed E-state index contributed by atoms with van der Waals surface area (Å²) in [6.45, 7) is 3.00. The van der Waals surface area contributed by atoms with Gasteiger partial charge in [-0.25, -0.2) is 13.9 Å². The summed E-state index contributed by atoms with van der Waals surface area (Å²) in [7, 11) is 1.64. The summed E-state index contributed by atoms with van der Waals surface area (Å²) in [5.41, 5.74) is 1.81. The van der Waals surface area contributed by atoms with Gasteiger partial charge < -0.3 is 4.74 Å². The van der Waals surface area contributed by atoms with Crippen LogP contribution >= 0.6 is 0 Å². The summed E-state index contributed by atoms with van der Waals surface area (Å²) in [6, 6.07) is 7.70. The monoisotopic (exact) mass is 356 g/mol. The number of ether oxygens (including phenoxy) is 1. The van der Waals surface area contributed by atoms with Crippen LogP contribution in [0.5, 0.6) is 0 Å². The highest BCUT2D eigenvalue weighted by Gasteiger charge is 2.20. The van der Waals surface area contributed by atoms with E-state index < -0.39 is 18.4 Å². The zero-order chi connectivity index (χ0) is 18.8. The van der Waals surface area contributed by atoms with E-state index in [2.05, 4.69) is 10.2 Å². The summed E-state index contributed by atoms with van der Waals surface area (Å²) in [5, 5.41) is 8.17. The second-order valence-electron chi connectivity index (χ2n) is 5.85. The van der Waals surface area contributed by atoms with Crippen molar-refractivity contribution in [1.82, 2.24) is 19.6 Å².